The quantitative estimate of drug-likeness (QED) is 0.372. The molecule has 2 aliphatic rings. The van der Waals surface area contributed by atoms with Crippen LogP contribution in [0.2, 0.25) is 0 Å². The van der Waals surface area contributed by atoms with E-state index in [1.807, 2.05) is 19.2 Å². The molecule has 2 heterocycles. The number of hydrogen-bond acceptors (Lipinski definition) is 5. The highest BCUT2D eigenvalue weighted by atomic mass is 16.5. The number of guanidine groups is 1. The van der Waals surface area contributed by atoms with E-state index in [1.165, 1.54) is 5.56 Å². The minimum absolute atomic E-state index is 0.0354. The van der Waals surface area contributed by atoms with E-state index in [0.717, 1.165) is 83.5 Å². The molecule has 0 aromatic heterocycles. The molecule has 2 saturated heterocycles. The molecular weight excluding hydrogens is 370 g/mol. The third kappa shape index (κ3) is 6.32. The molecule has 7 nitrogen and oxygen atoms in total. The second kappa shape index (κ2) is 11.4. The van der Waals surface area contributed by atoms with Gasteiger partial charge in [0.1, 0.15) is 5.75 Å². The first-order valence-corrected chi connectivity index (χ1v) is 10.6. The Morgan fingerprint density at radius 2 is 1.93 bits per heavy atom. The highest BCUT2D eigenvalue weighted by Gasteiger charge is 2.34. The average Bonchev–Trinajstić information content (AvgIpc) is 3.30. The Morgan fingerprint density at radius 3 is 2.59 bits per heavy atom. The van der Waals surface area contributed by atoms with Crippen LogP contribution in [0.1, 0.15) is 31.2 Å². The number of rotatable bonds is 9. The predicted molar refractivity (Wildman–Crippen MR) is 114 cm³/mol. The van der Waals surface area contributed by atoms with Gasteiger partial charge in [0.25, 0.3) is 0 Å². The molecule has 1 aromatic carbocycles. The van der Waals surface area contributed by atoms with Gasteiger partial charge in [-0.3, -0.25) is 4.99 Å². The number of benzene rings is 1. The van der Waals surface area contributed by atoms with Crippen molar-refractivity contribution in [3.8, 4) is 5.75 Å². The van der Waals surface area contributed by atoms with E-state index >= 15 is 0 Å². The van der Waals surface area contributed by atoms with E-state index in [2.05, 4.69) is 27.8 Å². The maximum atomic E-state index is 5.82. The van der Waals surface area contributed by atoms with Crippen molar-refractivity contribution in [1.82, 2.24) is 10.6 Å². The van der Waals surface area contributed by atoms with Crippen molar-refractivity contribution in [3.63, 3.8) is 0 Å². The monoisotopic (exact) mass is 405 g/mol. The van der Waals surface area contributed by atoms with E-state index in [-0.39, 0.29) is 11.5 Å². The minimum atomic E-state index is 0.0354. The maximum absolute atomic E-state index is 5.82. The molecule has 0 saturated carbocycles. The van der Waals surface area contributed by atoms with Gasteiger partial charge in [-0.05, 0) is 43.4 Å². The fourth-order valence-electron chi connectivity index (χ4n) is 3.92. The van der Waals surface area contributed by atoms with E-state index in [9.17, 15) is 0 Å². The molecule has 1 unspecified atom stereocenters. The molecule has 1 aromatic rings. The van der Waals surface area contributed by atoms with Crippen LogP contribution in [0, 0.1) is 0 Å². The lowest BCUT2D eigenvalue weighted by Gasteiger charge is -2.38. The first-order valence-electron chi connectivity index (χ1n) is 10.6. The zero-order valence-electron chi connectivity index (χ0n) is 17.7. The van der Waals surface area contributed by atoms with Crippen LogP contribution >= 0.6 is 0 Å². The molecule has 0 amide bonds. The minimum Gasteiger partial charge on any atom is -0.497 e. The van der Waals surface area contributed by atoms with Crippen molar-refractivity contribution < 1.29 is 18.9 Å². The molecule has 2 N–H and O–H groups in total. The fourth-order valence-corrected chi connectivity index (χ4v) is 3.92. The number of ether oxygens (including phenoxy) is 4. The molecule has 0 spiro atoms. The molecule has 2 aliphatic heterocycles. The van der Waals surface area contributed by atoms with Crippen LogP contribution in [-0.2, 0) is 19.6 Å². The summed E-state index contributed by atoms with van der Waals surface area (Å²) in [6.45, 7) is 5.49. The summed E-state index contributed by atoms with van der Waals surface area (Å²) in [5, 5.41) is 6.93. The Bertz CT molecular complexity index is 623. The average molecular weight is 406 g/mol. The predicted octanol–water partition coefficient (Wildman–Crippen LogP) is 2.10. The van der Waals surface area contributed by atoms with Gasteiger partial charge in [0.15, 0.2) is 5.96 Å². The van der Waals surface area contributed by atoms with Crippen LogP contribution < -0.4 is 15.4 Å². The standard InChI is InChI=1S/C22H35N3O4/c1-23-21(24-11-3-12-29-20-8-13-28-16-20)25-17-22(9-14-27-15-10-22)18-4-6-19(26-2)7-5-18/h4-7,20H,3,8-17H2,1-2H3,(H2,23,24,25). The number of methoxy groups -OCH3 is 1. The Kier molecular flexibility index (Phi) is 8.58. The number of nitrogens with zero attached hydrogens (tertiary/aromatic N) is 1. The van der Waals surface area contributed by atoms with Gasteiger partial charge in [-0.2, -0.15) is 0 Å². The maximum Gasteiger partial charge on any atom is 0.191 e. The zero-order valence-corrected chi connectivity index (χ0v) is 17.7. The third-order valence-corrected chi connectivity index (χ3v) is 5.83. The molecule has 0 aliphatic carbocycles. The van der Waals surface area contributed by atoms with Gasteiger partial charge < -0.3 is 29.6 Å². The summed E-state index contributed by atoms with van der Waals surface area (Å²) in [6.07, 6.45) is 4.19. The Labute approximate surface area is 174 Å². The summed E-state index contributed by atoms with van der Waals surface area (Å²) >= 11 is 0. The lowest BCUT2D eigenvalue weighted by atomic mass is 9.74. The lowest BCUT2D eigenvalue weighted by Crippen LogP contribution is -2.48. The first kappa shape index (κ1) is 21.9. The van der Waals surface area contributed by atoms with Crippen molar-refractivity contribution in [3.05, 3.63) is 29.8 Å². The van der Waals surface area contributed by atoms with Crippen LogP contribution in [0.3, 0.4) is 0 Å². The highest BCUT2D eigenvalue weighted by molar-refractivity contribution is 5.79. The van der Waals surface area contributed by atoms with Crippen molar-refractivity contribution in [2.75, 3.05) is 60.3 Å². The highest BCUT2D eigenvalue weighted by Crippen LogP contribution is 2.35. The number of hydrogen-bond donors (Lipinski definition) is 2. The Hall–Kier alpha value is -1.83. The third-order valence-electron chi connectivity index (χ3n) is 5.83. The van der Waals surface area contributed by atoms with Gasteiger partial charge in [0.2, 0.25) is 0 Å². The second-order valence-electron chi connectivity index (χ2n) is 7.68. The second-order valence-corrected chi connectivity index (χ2v) is 7.68. The normalized spacial score (nSPS) is 21.7. The van der Waals surface area contributed by atoms with E-state index in [0.29, 0.717) is 0 Å². The van der Waals surface area contributed by atoms with E-state index in [4.69, 9.17) is 18.9 Å². The molecule has 1 atom stereocenters. The summed E-state index contributed by atoms with van der Waals surface area (Å²) in [5.41, 5.74) is 1.35. The van der Waals surface area contributed by atoms with Crippen molar-refractivity contribution in [2.24, 2.45) is 4.99 Å². The molecule has 3 rings (SSSR count). The van der Waals surface area contributed by atoms with Crippen molar-refractivity contribution >= 4 is 5.96 Å². The van der Waals surface area contributed by atoms with Gasteiger partial charge >= 0.3 is 0 Å². The summed E-state index contributed by atoms with van der Waals surface area (Å²) in [6, 6.07) is 8.42. The number of aliphatic imine (C=N–C) groups is 1. The lowest BCUT2D eigenvalue weighted by molar-refractivity contribution is 0.0419. The van der Waals surface area contributed by atoms with Gasteiger partial charge in [-0.15, -0.1) is 0 Å². The summed E-state index contributed by atoms with van der Waals surface area (Å²) < 4.78 is 22.1. The van der Waals surface area contributed by atoms with Crippen molar-refractivity contribution in [2.45, 2.75) is 37.2 Å². The van der Waals surface area contributed by atoms with E-state index < -0.39 is 0 Å². The van der Waals surface area contributed by atoms with Crippen LogP contribution in [0.5, 0.6) is 5.75 Å². The first-order chi connectivity index (χ1) is 14.3. The summed E-state index contributed by atoms with van der Waals surface area (Å²) in [5.74, 6) is 1.71. The van der Waals surface area contributed by atoms with Gasteiger partial charge in [0, 0.05) is 52.0 Å². The van der Waals surface area contributed by atoms with Crippen LogP contribution in [-0.4, -0.2) is 72.3 Å². The Balaban J connectivity index is 1.48. The zero-order chi connectivity index (χ0) is 20.4. The molecule has 0 bridgehead atoms. The van der Waals surface area contributed by atoms with Crippen molar-refractivity contribution in [1.29, 1.82) is 0 Å². The van der Waals surface area contributed by atoms with Gasteiger partial charge in [-0.1, -0.05) is 12.1 Å². The summed E-state index contributed by atoms with van der Waals surface area (Å²) in [7, 11) is 3.51. The molecule has 7 heteroatoms. The van der Waals surface area contributed by atoms with Crippen LogP contribution in [0.4, 0.5) is 0 Å². The summed E-state index contributed by atoms with van der Waals surface area (Å²) in [4.78, 5) is 4.38. The van der Waals surface area contributed by atoms with Crippen LogP contribution in [0.25, 0.3) is 0 Å². The van der Waals surface area contributed by atoms with Crippen LogP contribution in [0.15, 0.2) is 29.3 Å². The largest absolute Gasteiger partial charge is 0.497 e. The number of nitrogens with one attached hydrogen (secondary N) is 2. The topological polar surface area (TPSA) is 73.3 Å². The molecule has 0 radical (unpaired) electrons. The Morgan fingerprint density at radius 1 is 1.14 bits per heavy atom. The smallest absolute Gasteiger partial charge is 0.191 e. The fraction of sp³-hybridized carbons (Fsp3) is 0.682. The SMILES string of the molecule is CN=C(NCCCOC1CCOC1)NCC1(c2ccc(OC)cc2)CCOCC1. The molecule has 162 valence electrons. The van der Waals surface area contributed by atoms with Gasteiger partial charge in [0.05, 0.1) is 19.8 Å². The molecule has 2 fully saturated rings. The van der Waals surface area contributed by atoms with Gasteiger partial charge in [-0.25, -0.2) is 0 Å². The molecule has 29 heavy (non-hydrogen) atoms. The molecular formula is C22H35N3O4. The van der Waals surface area contributed by atoms with E-state index in [1.54, 1.807) is 7.11 Å².